The molecule has 0 bridgehead atoms. The van der Waals surface area contributed by atoms with E-state index in [1.54, 1.807) is 41.3 Å². The number of anilines is 1. The number of fused-ring (bicyclic) bond motifs is 3. The van der Waals surface area contributed by atoms with Gasteiger partial charge in [0.15, 0.2) is 0 Å². The summed E-state index contributed by atoms with van der Waals surface area (Å²) in [4.78, 5) is 77.6. The first-order valence-electron chi connectivity index (χ1n) is 21.8. The second-order valence-corrected chi connectivity index (χ2v) is 16.6. The number of hydrogen-bond donors (Lipinski definition) is 1. The molecule has 0 aromatic heterocycles. The Kier molecular flexibility index (Phi) is 12.0. The average Bonchev–Trinajstić information content (AvgIpc) is 3.77. The van der Waals surface area contributed by atoms with Crippen molar-refractivity contribution in [1.82, 2.24) is 9.80 Å². The van der Waals surface area contributed by atoms with E-state index >= 15 is 14.4 Å². The van der Waals surface area contributed by atoms with Crippen LogP contribution < -0.4 is 9.64 Å². The van der Waals surface area contributed by atoms with Crippen LogP contribution in [0.5, 0.6) is 5.75 Å². The Labute approximate surface area is 370 Å². The highest BCUT2D eigenvalue weighted by Gasteiger charge is 2.76. The Morgan fingerprint density at radius 1 is 0.750 bits per heavy atom. The SMILES string of the molecule is O=C1O[C@H](c2ccccc2)[C@H](c2ccccc2)N2[C@H]1[C@@H](C(=O)N1CCCCCCC1)[C@]1(C(=O)N(C(=O)OCc3ccc([N+](=O)[O-])cc3)c3ccccc31)[C@H]2c1ccc(OCCO)cc1. The summed E-state index contributed by atoms with van der Waals surface area (Å²) in [6.45, 7) is 0.407. The quantitative estimate of drug-likeness (QED) is 0.0828. The van der Waals surface area contributed by atoms with Crippen molar-refractivity contribution in [1.29, 1.82) is 0 Å². The lowest BCUT2D eigenvalue weighted by molar-refractivity contribution is -0.384. The van der Waals surface area contributed by atoms with Crippen LogP contribution in [0.1, 0.15) is 78.1 Å². The number of hydrogen-bond acceptors (Lipinski definition) is 11. The molecule has 64 heavy (non-hydrogen) atoms. The number of amides is 3. The van der Waals surface area contributed by atoms with E-state index in [1.165, 1.54) is 24.3 Å². The van der Waals surface area contributed by atoms with Gasteiger partial charge in [-0.2, -0.15) is 0 Å². The first-order valence-corrected chi connectivity index (χ1v) is 21.8. The molecule has 1 N–H and O–H groups in total. The molecule has 5 aromatic carbocycles. The van der Waals surface area contributed by atoms with Gasteiger partial charge in [-0.1, -0.05) is 110 Å². The summed E-state index contributed by atoms with van der Waals surface area (Å²) in [7, 11) is 0. The maximum Gasteiger partial charge on any atom is 0.421 e. The van der Waals surface area contributed by atoms with Crippen LogP contribution in [0.4, 0.5) is 16.2 Å². The van der Waals surface area contributed by atoms with Gasteiger partial charge >= 0.3 is 12.1 Å². The van der Waals surface area contributed by atoms with Crippen molar-refractivity contribution in [2.24, 2.45) is 5.92 Å². The summed E-state index contributed by atoms with van der Waals surface area (Å²) >= 11 is 0. The highest BCUT2D eigenvalue weighted by Crippen LogP contribution is 2.66. The molecule has 3 amide bonds. The summed E-state index contributed by atoms with van der Waals surface area (Å²) < 4.78 is 18.2. The lowest BCUT2D eigenvalue weighted by Crippen LogP contribution is -2.56. The fraction of sp³-hybridized carbons (Fsp3) is 0.320. The number of morpholine rings is 1. The number of esters is 1. The zero-order chi connectivity index (χ0) is 44.4. The molecule has 4 heterocycles. The maximum atomic E-state index is 16.3. The molecular weight excluding hydrogens is 817 g/mol. The van der Waals surface area contributed by atoms with E-state index in [0.717, 1.165) is 48.1 Å². The molecule has 14 heteroatoms. The normalized spacial score (nSPS) is 24.3. The van der Waals surface area contributed by atoms with Crippen LogP contribution in [-0.4, -0.2) is 76.1 Å². The third-order valence-electron chi connectivity index (χ3n) is 13.0. The van der Waals surface area contributed by atoms with Gasteiger partial charge in [0.05, 0.1) is 35.2 Å². The summed E-state index contributed by atoms with van der Waals surface area (Å²) in [5.74, 6) is -2.69. The number of ether oxygens (including phenoxy) is 3. The molecule has 4 aliphatic heterocycles. The van der Waals surface area contributed by atoms with Gasteiger partial charge in [-0.3, -0.25) is 29.4 Å². The predicted molar refractivity (Wildman–Crippen MR) is 234 cm³/mol. The van der Waals surface area contributed by atoms with Gasteiger partial charge in [0.1, 0.15) is 36.5 Å². The number of carbonyl (C=O) groups is 4. The molecule has 0 aliphatic carbocycles. The second kappa shape index (κ2) is 18.1. The smallest absolute Gasteiger partial charge is 0.421 e. The van der Waals surface area contributed by atoms with Crippen molar-refractivity contribution in [3.63, 3.8) is 0 Å². The van der Waals surface area contributed by atoms with Gasteiger partial charge in [0.25, 0.3) is 5.69 Å². The van der Waals surface area contributed by atoms with Crippen molar-refractivity contribution in [3.8, 4) is 5.75 Å². The minimum Gasteiger partial charge on any atom is -0.491 e. The third kappa shape index (κ3) is 7.45. The minimum atomic E-state index is -1.90. The van der Waals surface area contributed by atoms with Gasteiger partial charge in [-0.05, 0) is 71.0 Å². The Morgan fingerprint density at radius 3 is 2.03 bits per heavy atom. The van der Waals surface area contributed by atoms with Crippen molar-refractivity contribution < 1.29 is 43.4 Å². The van der Waals surface area contributed by atoms with Gasteiger partial charge < -0.3 is 24.2 Å². The van der Waals surface area contributed by atoms with Gasteiger partial charge in [0, 0.05) is 25.2 Å². The maximum absolute atomic E-state index is 16.3. The lowest BCUT2D eigenvalue weighted by atomic mass is 9.65. The largest absolute Gasteiger partial charge is 0.491 e. The van der Waals surface area contributed by atoms with Crippen LogP contribution in [0.2, 0.25) is 0 Å². The number of likely N-dealkylation sites (tertiary alicyclic amines) is 1. The van der Waals surface area contributed by atoms with E-state index < -0.39 is 58.5 Å². The molecule has 0 saturated carbocycles. The third-order valence-corrected chi connectivity index (χ3v) is 13.0. The zero-order valence-corrected chi connectivity index (χ0v) is 35.1. The van der Waals surface area contributed by atoms with Crippen LogP contribution in [0, 0.1) is 16.0 Å². The van der Waals surface area contributed by atoms with Crippen LogP contribution in [0.15, 0.2) is 133 Å². The van der Waals surface area contributed by atoms with Crippen molar-refractivity contribution >= 4 is 35.3 Å². The first-order chi connectivity index (χ1) is 31.2. The number of aliphatic hydroxyl groups is 1. The van der Waals surface area contributed by atoms with Crippen molar-refractivity contribution in [2.45, 2.75) is 68.4 Å². The molecule has 9 rings (SSSR count). The minimum absolute atomic E-state index is 0.0524. The molecule has 3 saturated heterocycles. The topological polar surface area (TPSA) is 169 Å². The molecule has 6 atom stereocenters. The number of carbonyl (C=O) groups excluding carboxylic acids is 4. The molecule has 5 aromatic rings. The number of aliphatic hydroxyl groups excluding tert-OH is 1. The lowest BCUT2D eigenvalue weighted by Gasteiger charge is -2.46. The van der Waals surface area contributed by atoms with Crippen LogP contribution in [0.3, 0.4) is 0 Å². The van der Waals surface area contributed by atoms with Gasteiger partial charge in [-0.15, -0.1) is 0 Å². The predicted octanol–water partition coefficient (Wildman–Crippen LogP) is 7.76. The Bertz CT molecular complexity index is 2510. The number of imide groups is 1. The number of nitrogens with zero attached hydrogens (tertiary/aromatic N) is 4. The van der Waals surface area contributed by atoms with E-state index in [9.17, 15) is 20.0 Å². The molecule has 0 radical (unpaired) electrons. The van der Waals surface area contributed by atoms with Gasteiger partial charge in [0.2, 0.25) is 11.8 Å². The molecule has 14 nitrogen and oxygen atoms in total. The summed E-state index contributed by atoms with van der Waals surface area (Å²) in [5.41, 5.74) is 1.10. The second-order valence-electron chi connectivity index (χ2n) is 16.6. The number of nitro benzene ring substituents is 1. The van der Waals surface area contributed by atoms with E-state index in [4.69, 9.17) is 14.2 Å². The fourth-order valence-corrected chi connectivity index (χ4v) is 10.3. The van der Waals surface area contributed by atoms with E-state index in [1.807, 2.05) is 77.7 Å². The number of nitro groups is 1. The Hall–Kier alpha value is -6.90. The van der Waals surface area contributed by atoms with E-state index in [0.29, 0.717) is 35.5 Å². The summed E-state index contributed by atoms with van der Waals surface area (Å²) in [6, 6.07) is 35.4. The monoisotopic (exact) mass is 864 g/mol. The summed E-state index contributed by atoms with van der Waals surface area (Å²) in [6.07, 6.45) is 2.51. The number of non-ortho nitro benzene ring substituents is 1. The Balaban J connectivity index is 1.27. The zero-order valence-electron chi connectivity index (χ0n) is 35.1. The summed E-state index contributed by atoms with van der Waals surface area (Å²) in [5, 5.41) is 20.9. The van der Waals surface area contributed by atoms with Crippen molar-refractivity contribution in [2.75, 3.05) is 31.2 Å². The first kappa shape index (κ1) is 42.4. The van der Waals surface area contributed by atoms with Crippen LogP contribution >= 0.6 is 0 Å². The number of benzene rings is 5. The molecule has 4 aliphatic rings. The fourth-order valence-electron chi connectivity index (χ4n) is 10.3. The highest BCUT2D eigenvalue weighted by molar-refractivity contribution is 6.23. The average molecular weight is 865 g/mol. The molecule has 3 fully saturated rings. The van der Waals surface area contributed by atoms with Crippen LogP contribution in [0.25, 0.3) is 0 Å². The number of para-hydroxylation sites is 1. The van der Waals surface area contributed by atoms with E-state index in [-0.39, 0.29) is 37.1 Å². The molecule has 328 valence electrons. The van der Waals surface area contributed by atoms with Crippen LogP contribution in [-0.2, 0) is 35.9 Å². The number of rotatable bonds is 10. The van der Waals surface area contributed by atoms with E-state index in [2.05, 4.69) is 0 Å². The highest BCUT2D eigenvalue weighted by atomic mass is 16.6. The molecule has 0 unspecified atom stereocenters. The molecular formula is C50H48N4O10. The van der Waals surface area contributed by atoms with Crippen molar-refractivity contribution in [3.05, 3.63) is 171 Å². The van der Waals surface area contributed by atoms with Gasteiger partial charge in [-0.25, -0.2) is 9.69 Å². The standard InChI is InChI=1S/C50H48N4O10/c55-30-31-62-38-26-22-36(23-27-38)45-50(39-18-10-11-19-40(39)52(48(50)58)49(59)63-32-33-20-24-37(25-21-33)54(60)61)41(46(56)51-28-12-2-1-3-13-29-51)43-47(57)64-44(35-16-8-5-9-17-35)42(53(43)45)34-14-6-4-7-15-34/h4-11,14-27,41-45,55H,1-3,12-13,28-32H2/t41-,42-,43-,44+,45+,50-/m0/s1. The number of cyclic esters (lactones) is 1. The Morgan fingerprint density at radius 2 is 1.38 bits per heavy atom. The molecule has 1 spiro atoms.